The van der Waals surface area contributed by atoms with Crippen LogP contribution in [0.5, 0.6) is 0 Å². The molecular formula is C11H19N3O2. The van der Waals surface area contributed by atoms with Crippen molar-refractivity contribution in [3.05, 3.63) is 18.0 Å². The molecule has 0 aliphatic carbocycles. The maximum atomic E-state index is 11.8. The number of carbonyl (C=O) groups is 1. The quantitative estimate of drug-likeness (QED) is 0.705. The van der Waals surface area contributed by atoms with E-state index in [9.17, 15) is 4.79 Å². The van der Waals surface area contributed by atoms with E-state index in [2.05, 4.69) is 5.32 Å². The minimum Gasteiger partial charge on any atom is -0.397 e. The summed E-state index contributed by atoms with van der Waals surface area (Å²) in [5.74, 6) is -0.113. The molecule has 0 aliphatic heterocycles. The Morgan fingerprint density at radius 3 is 2.94 bits per heavy atom. The maximum Gasteiger partial charge on any atom is 0.268 e. The summed E-state index contributed by atoms with van der Waals surface area (Å²) in [5.41, 5.74) is 6.85. The van der Waals surface area contributed by atoms with Gasteiger partial charge in [0.15, 0.2) is 0 Å². The van der Waals surface area contributed by atoms with Gasteiger partial charge in [0.1, 0.15) is 5.69 Å². The Labute approximate surface area is 95.6 Å². The Morgan fingerprint density at radius 2 is 2.31 bits per heavy atom. The van der Waals surface area contributed by atoms with Crippen molar-refractivity contribution in [3.8, 4) is 0 Å². The van der Waals surface area contributed by atoms with Gasteiger partial charge in [-0.3, -0.25) is 4.79 Å². The number of carbonyl (C=O) groups excluding carboxylic acids is 1. The predicted octanol–water partition coefficient (Wildman–Crippen LogP) is 0.856. The first-order chi connectivity index (χ1) is 7.69. The third-order valence-electron chi connectivity index (χ3n) is 2.23. The molecule has 5 nitrogen and oxygen atoms in total. The van der Waals surface area contributed by atoms with Gasteiger partial charge in [0.25, 0.3) is 5.91 Å². The van der Waals surface area contributed by atoms with Gasteiger partial charge in [-0.05, 0) is 19.9 Å². The van der Waals surface area contributed by atoms with Crippen LogP contribution in [-0.4, -0.2) is 30.2 Å². The first-order valence-corrected chi connectivity index (χ1v) is 5.50. The van der Waals surface area contributed by atoms with Gasteiger partial charge in [-0.15, -0.1) is 0 Å². The molecular weight excluding hydrogens is 206 g/mol. The van der Waals surface area contributed by atoms with Crippen molar-refractivity contribution in [2.24, 2.45) is 0 Å². The van der Waals surface area contributed by atoms with Gasteiger partial charge in [-0.2, -0.15) is 0 Å². The SMILES string of the molecule is CCOCCNC(=O)c1cc(N)cn1CC. The molecule has 0 unspecified atom stereocenters. The number of nitrogens with zero attached hydrogens (tertiary/aromatic N) is 1. The highest BCUT2D eigenvalue weighted by atomic mass is 16.5. The van der Waals surface area contributed by atoms with Gasteiger partial charge in [0.2, 0.25) is 0 Å². The number of rotatable bonds is 6. The number of hydrogen-bond acceptors (Lipinski definition) is 3. The Kier molecular flexibility index (Phi) is 4.85. The highest BCUT2D eigenvalue weighted by Gasteiger charge is 2.10. The fourth-order valence-corrected chi connectivity index (χ4v) is 1.46. The van der Waals surface area contributed by atoms with Crippen molar-refractivity contribution in [2.45, 2.75) is 20.4 Å². The number of amides is 1. The zero-order valence-corrected chi connectivity index (χ0v) is 9.82. The number of ether oxygens (including phenoxy) is 1. The fourth-order valence-electron chi connectivity index (χ4n) is 1.46. The number of aromatic nitrogens is 1. The number of anilines is 1. The number of nitrogens with one attached hydrogen (secondary N) is 1. The first kappa shape index (κ1) is 12.6. The molecule has 1 aromatic rings. The average Bonchev–Trinajstić information content (AvgIpc) is 2.65. The van der Waals surface area contributed by atoms with Crippen LogP contribution in [0, 0.1) is 0 Å². The molecule has 0 aliphatic rings. The molecule has 0 aromatic carbocycles. The molecule has 1 amide bonds. The second-order valence-corrected chi connectivity index (χ2v) is 3.40. The van der Waals surface area contributed by atoms with Crippen molar-refractivity contribution < 1.29 is 9.53 Å². The van der Waals surface area contributed by atoms with E-state index in [4.69, 9.17) is 10.5 Å². The van der Waals surface area contributed by atoms with Crippen LogP contribution in [0.2, 0.25) is 0 Å². The molecule has 16 heavy (non-hydrogen) atoms. The topological polar surface area (TPSA) is 69.3 Å². The van der Waals surface area contributed by atoms with Gasteiger partial charge in [0.05, 0.1) is 12.3 Å². The van der Waals surface area contributed by atoms with Crippen LogP contribution in [0.25, 0.3) is 0 Å². The van der Waals surface area contributed by atoms with Crippen molar-refractivity contribution in [2.75, 3.05) is 25.5 Å². The monoisotopic (exact) mass is 225 g/mol. The van der Waals surface area contributed by atoms with Crippen molar-refractivity contribution in [1.82, 2.24) is 9.88 Å². The Hall–Kier alpha value is -1.49. The second kappa shape index (κ2) is 6.17. The van der Waals surface area contributed by atoms with E-state index in [1.807, 2.05) is 18.4 Å². The van der Waals surface area contributed by atoms with Gasteiger partial charge >= 0.3 is 0 Å². The van der Waals surface area contributed by atoms with E-state index in [1.165, 1.54) is 0 Å². The minimum atomic E-state index is -0.113. The van der Waals surface area contributed by atoms with Crippen molar-refractivity contribution >= 4 is 11.6 Å². The summed E-state index contributed by atoms with van der Waals surface area (Å²) in [6.07, 6.45) is 1.76. The van der Waals surface area contributed by atoms with Gasteiger partial charge in [-0.25, -0.2) is 0 Å². The van der Waals surface area contributed by atoms with Crippen molar-refractivity contribution in [1.29, 1.82) is 0 Å². The lowest BCUT2D eigenvalue weighted by atomic mass is 10.4. The van der Waals surface area contributed by atoms with Gasteiger partial charge in [0, 0.05) is 25.9 Å². The molecule has 1 rings (SSSR count). The number of nitrogens with two attached hydrogens (primary N) is 1. The normalized spacial score (nSPS) is 10.4. The molecule has 0 radical (unpaired) electrons. The molecule has 1 heterocycles. The summed E-state index contributed by atoms with van der Waals surface area (Å²) in [7, 11) is 0. The summed E-state index contributed by atoms with van der Waals surface area (Å²) < 4.78 is 6.96. The Bertz CT molecular complexity index is 347. The molecule has 1 aromatic heterocycles. The third-order valence-corrected chi connectivity index (χ3v) is 2.23. The molecule has 0 bridgehead atoms. The Balaban J connectivity index is 2.51. The standard InChI is InChI=1S/C11H19N3O2/c1-3-14-8-9(12)7-10(14)11(15)13-5-6-16-4-2/h7-8H,3-6,12H2,1-2H3,(H,13,15). The van der Waals surface area contributed by atoms with E-state index in [-0.39, 0.29) is 5.91 Å². The van der Waals surface area contributed by atoms with Crippen LogP contribution in [-0.2, 0) is 11.3 Å². The van der Waals surface area contributed by atoms with E-state index in [0.29, 0.717) is 31.1 Å². The summed E-state index contributed by atoms with van der Waals surface area (Å²) in [4.78, 5) is 11.8. The zero-order valence-electron chi connectivity index (χ0n) is 9.82. The molecule has 5 heteroatoms. The van der Waals surface area contributed by atoms with Crippen LogP contribution in [0.1, 0.15) is 24.3 Å². The Morgan fingerprint density at radius 1 is 1.56 bits per heavy atom. The number of nitrogen functional groups attached to an aromatic ring is 1. The molecule has 0 saturated heterocycles. The lowest BCUT2D eigenvalue weighted by Crippen LogP contribution is -2.29. The first-order valence-electron chi connectivity index (χ1n) is 5.50. The second-order valence-electron chi connectivity index (χ2n) is 3.40. The summed E-state index contributed by atoms with van der Waals surface area (Å²) in [5, 5.41) is 2.78. The predicted molar refractivity (Wildman–Crippen MR) is 63.3 cm³/mol. The molecule has 0 fully saturated rings. The highest BCUT2D eigenvalue weighted by molar-refractivity contribution is 5.93. The number of hydrogen-bond donors (Lipinski definition) is 2. The summed E-state index contributed by atoms with van der Waals surface area (Å²) >= 11 is 0. The smallest absolute Gasteiger partial charge is 0.268 e. The lowest BCUT2D eigenvalue weighted by Gasteiger charge is -2.07. The zero-order chi connectivity index (χ0) is 12.0. The minimum absolute atomic E-state index is 0.113. The number of aryl methyl sites for hydroxylation is 1. The van der Waals surface area contributed by atoms with Gasteiger partial charge < -0.3 is 20.4 Å². The van der Waals surface area contributed by atoms with E-state index >= 15 is 0 Å². The van der Waals surface area contributed by atoms with Crippen molar-refractivity contribution in [3.63, 3.8) is 0 Å². The molecule has 90 valence electrons. The molecule has 3 N–H and O–H groups in total. The lowest BCUT2D eigenvalue weighted by molar-refractivity contribution is 0.0913. The van der Waals surface area contributed by atoms with Crippen LogP contribution in [0.3, 0.4) is 0 Å². The maximum absolute atomic E-state index is 11.8. The summed E-state index contributed by atoms with van der Waals surface area (Å²) in [6.45, 7) is 6.33. The van der Waals surface area contributed by atoms with E-state index < -0.39 is 0 Å². The van der Waals surface area contributed by atoms with E-state index in [0.717, 1.165) is 6.54 Å². The molecule has 0 saturated carbocycles. The van der Waals surface area contributed by atoms with E-state index in [1.54, 1.807) is 12.3 Å². The molecule has 0 atom stereocenters. The fraction of sp³-hybridized carbons (Fsp3) is 0.545. The van der Waals surface area contributed by atoms with Crippen LogP contribution >= 0.6 is 0 Å². The third kappa shape index (κ3) is 3.27. The van der Waals surface area contributed by atoms with Gasteiger partial charge in [-0.1, -0.05) is 0 Å². The average molecular weight is 225 g/mol. The van der Waals surface area contributed by atoms with Crippen LogP contribution < -0.4 is 11.1 Å². The van der Waals surface area contributed by atoms with Crippen LogP contribution in [0.15, 0.2) is 12.3 Å². The molecule has 0 spiro atoms. The highest BCUT2D eigenvalue weighted by Crippen LogP contribution is 2.10. The van der Waals surface area contributed by atoms with Crippen LogP contribution in [0.4, 0.5) is 5.69 Å². The summed E-state index contributed by atoms with van der Waals surface area (Å²) in [6, 6.07) is 1.68. The largest absolute Gasteiger partial charge is 0.397 e.